The van der Waals surface area contributed by atoms with E-state index in [0.29, 0.717) is 36.3 Å². The number of carbonyl (C=O) groups is 2. The Kier molecular flexibility index (Phi) is 5.28. The fourth-order valence-electron chi connectivity index (χ4n) is 3.52. The topological polar surface area (TPSA) is 112 Å². The fraction of sp³-hybridized carbons (Fsp3) is 0.450. The first-order valence-electron chi connectivity index (χ1n) is 9.87. The van der Waals surface area contributed by atoms with E-state index in [9.17, 15) is 9.59 Å². The molecular weight excluding hydrogens is 370 g/mol. The number of anilines is 3. The van der Waals surface area contributed by atoms with Crippen molar-refractivity contribution in [1.29, 1.82) is 0 Å². The van der Waals surface area contributed by atoms with Crippen molar-refractivity contribution in [1.82, 2.24) is 25.6 Å². The highest BCUT2D eigenvalue weighted by molar-refractivity contribution is 5.99. The van der Waals surface area contributed by atoms with E-state index < -0.39 is 0 Å². The zero-order valence-electron chi connectivity index (χ0n) is 16.6. The first-order chi connectivity index (χ1) is 14.1. The third-order valence-corrected chi connectivity index (χ3v) is 5.38. The summed E-state index contributed by atoms with van der Waals surface area (Å²) in [6.45, 7) is 1.24. The highest BCUT2D eigenvalue weighted by atomic mass is 16.2. The summed E-state index contributed by atoms with van der Waals surface area (Å²) >= 11 is 0. The number of nitrogens with zero attached hydrogens (tertiary/aromatic N) is 4. The van der Waals surface area contributed by atoms with Gasteiger partial charge in [0.2, 0.25) is 11.9 Å². The Balaban J connectivity index is 1.57. The summed E-state index contributed by atoms with van der Waals surface area (Å²) in [7, 11) is 3.21. The van der Waals surface area contributed by atoms with Crippen LogP contribution in [0.25, 0.3) is 0 Å². The van der Waals surface area contributed by atoms with Crippen molar-refractivity contribution < 1.29 is 9.59 Å². The molecule has 2 aromatic heterocycles. The van der Waals surface area contributed by atoms with Gasteiger partial charge in [0.1, 0.15) is 11.4 Å². The molecule has 1 saturated heterocycles. The molecule has 1 saturated carbocycles. The summed E-state index contributed by atoms with van der Waals surface area (Å²) in [5.74, 6) is 1.16. The standard InChI is InChI=1S/C20H25N7O2/c1-21-18(28)13-7-8-27(11-13)20-24-10-15(19(29)22-2)17(26-20)25-14-5-6-16(23-9-14)12-3-4-12/h5-6,9-10,12-13H,3-4,7-8,11H2,1-2H3,(H,21,28)(H,22,29)(H,24,25,26)/t13-/m0/s1. The molecule has 3 N–H and O–H groups in total. The summed E-state index contributed by atoms with van der Waals surface area (Å²) in [6.07, 6.45) is 6.42. The van der Waals surface area contributed by atoms with E-state index in [2.05, 4.69) is 30.9 Å². The van der Waals surface area contributed by atoms with E-state index in [-0.39, 0.29) is 17.7 Å². The van der Waals surface area contributed by atoms with Crippen molar-refractivity contribution in [2.24, 2.45) is 5.92 Å². The molecule has 9 heteroatoms. The van der Waals surface area contributed by atoms with Crippen LogP contribution in [0.3, 0.4) is 0 Å². The van der Waals surface area contributed by atoms with Crippen LogP contribution in [-0.4, -0.2) is 54.0 Å². The lowest BCUT2D eigenvalue weighted by Crippen LogP contribution is -2.31. The molecule has 3 heterocycles. The quantitative estimate of drug-likeness (QED) is 0.678. The molecule has 0 radical (unpaired) electrons. The molecule has 9 nitrogen and oxygen atoms in total. The second kappa shape index (κ2) is 8.02. The van der Waals surface area contributed by atoms with E-state index in [0.717, 1.165) is 17.8 Å². The first-order valence-corrected chi connectivity index (χ1v) is 9.87. The maximum atomic E-state index is 12.3. The normalized spacial score (nSPS) is 18.4. The van der Waals surface area contributed by atoms with E-state index in [4.69, 9.17) is 0 Å². The van der Waals surface area contributed by atoms with Gasteiger partial charge < -0.3 is 20.9 Å². The number of hydrogen-bond donors (Lipinski definition) is 3. The van der Waals surface area contributed by atoms with Gasteiger partial charge in [0.25, 0.3) is 5.91 Å². The molecule has 0 aromatic carbocycles. The highest BCUT2D eigenvalue weighted by Crippen LogP contribution is 2.39. The molecule has 2 aliphatic rings. The maximum absolute atomic E-state index is 12.3. The maximum Gasteiger partial charge on any atom is 0.256 e. The summed E-state index contributed by atoms with van der Waals surface area (Å²) in [5.41, 5.74) is 2.21. The SMILES string of the molecule is CNC(=O)c1cnc(N2CC[C@H](C(=O)NC)C2)nc1Nc1ccc(C2CC2)nc1. The number of carbonyl (C=O) groups excluding carboxylic acids is 2. The molecule has 1 aliphatic heterocycles. The number of nitrogens with one attached hydrogen (secondary N) is 3. The molecule has 1 aliphatic carbocycles. The minimum atomic E-state index is -0.272. The van der Waals surface area contributed by atoms with Crippen LogP contribution in [0.2, 0.25) is 0 Å². The lowest BCUT2D eigenvalue weighted by Gasteiger charge is -2.18. The molecule has 29 heavy (non-hydrogen) atoms. The predicted molar refractivity (Wildman–Crippen MR) is 109 cm³/mol. The number of rotatable bonds is 6. The molecule has 0 bridgehead atoms. The van der Waals surface area contributed by atoms with Crippen LogP contribution in [0, 0.1) is 5.92 Å². The van der Waals surface area contributed by atoms with Gasteiger partial charge >= 0.3 is 0 Å². The third kappa shape index (κ3) is 4.13. The highest BCUT2D eigenvalue weighted by Gasteiger charge is 2.30. The van der Waals surface area contributed by atoms with Crippen molar-refractivity contribution in [3.63, 3.8) is 0 Å². The molecule has 2 fully saturated rings. The molecule has 152 valence electrons. The van der Waals surface area contributed by atoms with Crippen LogP contribution in [0.15, 0.2) is 24.5 Å². The Bertz CT molecular complexity index is 912. The molecule has 2 amide bonds. The molecular formula is C20H25N7O2. The van der Waals surface area contributed by atoms with Crippen LogP contribution < -0.4 is 20.9 Å². The zero-order valence-corrected chi connectivity index (χ0v) is 16.6. The molecule has 0 unspecified atom stereocenters. The van der Waals surface area contributed by atoms with Crippen molar-refractivity contribution in [2.75, 3.05) is 37.4 Å². The Morgan fingerprint density at radius 1 is 1.07 bits per heavy atom. The summed E-state index contributed by atoms with van der Waals surface area (Å²) < 4.78 is 0. The summed E-state index contributed by atoms with van der Waals surface area (Å²) in [6, 6.07) is 3.96. The van der Waals surface area contributed by atoms with E-state index >= 15 is 0 Å². The number of hydrogen-bond acceptors (Lipinski definition) is 7. The van der Waals surface area contributed by atoms with Crippen LogP contribution in [-0.2, 0) is 4.79 Å². The second-order valence-electron chi connectivity index (χ2n) is 7.43. The molecule has 2 aromatic rings. The van der Waals surface area contributed by atoms with E-state index in [1.165, 1.54) is 19.0 Å². The van der Waals surface area contributed by atoms with Gasteiger partial charge in [-0.05, 0) is 31.4 Å². The summed E-state index contributed by atoms with van der Waals surface area (Å²) in [5, 5.41) is 8.51. The zero-order chi connectivity index (χ0) is 20.4. The van der Waals surface area contributed by atoms with Gasteiger partial charge in [-0.3, -0.25) is 14.6 Å². The van der Waals surface area contributed by atoms with Crippen molar-refractivity contribution >= 4 is 29.3 Å². The van der Waals surface area contributed by atoms with Crippen molar-refractivity contribution in [3.05, 3.63) is 35.8 Å². The first kappa shape index (κ1) is 19.1. The predicted octanol–water partition coefficient (Wildman–Crippen LogP) is 1.42. The smallest absolute Gasteiger partial charge is 0.256 e. The van der Waals surface area contributed by atoms with Gasteiger partial charge in [-0.25, -0.2) is 4.98 Å². The van der Waals surface area contributed by atoms with Crippen LogP contribution in [0.4, 0.5) is 17.5 Å². The number of pyridine rings is 1. The Labute approximate surface area is 169 Å². The third-order valence-electron chi connectivity index (χ3n) is 5.38. The van der Waals surface area contributed by atoms with E-state index in [1.54, 1.807) is 20.3 Å². The Morgan fingerprint density at radius 3 is 2.55 bits per heavy atom. The average molecular weight is 395 g/mol. The molecule has 0 spiro atoms. The van der Waals surface area contributed by atoms with E-state index in [1.807, 2.05) is 17.0 Å². The second-order valence-corrected chi connectivity index (χ2v) is 7.43. The van der Waals surface area contributed by atoms with Gasteiger partial charge in [0, 0.05) is 45.0 Å². The van der Waals surface area contributed by atoms with Crippen molar-refractivity contribution in [3.8, 4) is 0 Å². The molecule has 4 rings (SSSR count). The average Bonchev–Trinajstić information content (AvgIpc) is 3.49. The van der Waals surface area contributed by atoms with Gasteiger partial charge in [0.15, 0.2) is 0 Å². The van der Waals surface area contributed by atoms with Crippen LogP contribution in [0.1, 0.15) is 41.2 Å². The lowest BCUT2D eigenvalue weighted by molar-refractivity contribution is -0.123. The largest absolute Gasteiger partial charge is 0.359 e. The number of aromatic nitrogens is 3. The van der Waals surface area contributed by atoms with Gasteiger partial charge in [-0.15, -0.1) is 0 Å². The minimum Gasteiger partial charge on any atom is -0.359 e. The lowest BCUT2D eigenvalue weighted by atomic mass is 10.1. The van der Waals surface area contributed by atoms with Crippen LogP contribution in [0.5, 0.6) is 0 Å². The fourth-order valence-corrected chi connectivity index (χ4v) is 3.52. The number of amides is 2. The Morgan fingerprint density at radius 2 is 1.90 bits per heavy atom. The van der Waals surface area contributed by atoms with Crippen LogP contribution >= 0.6 is 0 Å². The van der Waals surface area contributed by atoms with Gasteiger partial charge in [-0.1, -0.05) is 0 Å². The minimum absolute atomic E-state index is 0.0228. The van der Waals surface area contributed by atoms with Gasteiger partial charge in [0.05, 0.1) is 17.8 Å². The monoisotopic (exact) mass is 395 g/mol. The molecule has 1 atom stereocenters. The Hall–Kier alpha value is -3.23. The van der Waals surface area contributed by atoms with Crippen molar-refractivity contribution in [2.45, 2.75) is 25.2 Å². The van der Waals surface area contributed by atoms with Gasteiger partial charge in [-0.2, -0.15) is 4.98 Å². The summed E-state index contributed by atoms with van der Waals surface area (Å²) in [4.78, 5) is 39.6.